The average Bonchev–Trinajstić information content (AvgIpc) is 2.97. The molecule has 1 fully saturated rings. The highest BCUT2D eigenvalue weighted by atomic mass is 14.9. The largest absolute Gasteiger partial charge is 0.309 e. The Morgan fingerprint density at radius 3 is 2.95 bits per heavy atom. The predicted octanol–water partition coefficient (Wildman–Crippen LogP) is 4.02. The maximum atomic E-state index is 4.59. The number of rotatable bonds is 5. The molecule has 0 radical (unpaired) electrons. The molecule has 1 aromatic rings. The quantitative estimate of drug-likeness (QED) is 0.807. The molecule has 1 saturated carbocycles. The van der Waals surface area contributed by atoms with Gasteiger partial charge in [-0.25, -0.2) is 0 Å². The Morgan fingerprint density at radius 1 is 1.16 bits per heavy atom. The summed E-state index contributed by atoms with van der Waals surface area (Å²) in [7, 11) is 0. The van der Waals surface area contributed by atoms with Gasteiger partial charge in [0, 0.05) is 12.2 Å². The lowest BCUT2D eigenvalue weighted by Crippen LogP contribution is -2.27. The van der Waals surface area contributed by atoms with Crippen LogP contribution in [0.2, 0.25) is 0 Å². The van der Waals surface area contributed by atoms with E-state index in [0.29, 0.717) is 6.04 Å². The first-order valence-corrected chi connectivity index (χ1v) is 8.10. The SMILES string of the molecule is c1cnc2c(c1)CCCC2NCCCC1CCCC1. The Morgan fingerprint density at radius 2 is 2.05 bits per heavy atom. The molecule has 0 spiro atoms. The Kier molecular flexibility index (Phi) is 4.49. The molecule has 0 aliphatic heterocycles. The van der Waals surface area contributed by atoms with Crippen molar-refractivity contribution in [3.8, 4) is 0 Å². The molecular formula is C17H26N2. The van der Waals surface area contributed by atoms with Crippen molar-refractivity contribution in [3.63, 3.8) is 0 Å². The van der Waals surface area contributed by atoms with Gasteiger partial charge >= 0.3 is 0 Å². The number of pyridine rings is 1. The normalized spacial score (nSPS) is 23.5. The van der Waals surface area contributed by atoms with E-state index in [9.17, 15) is 0 Å². The summed E-state index contributed by atoms with van der Waals surface area (Å²) >= 11 is 0. The standard InChI is InChI=1S/C17H26N2/c1-2-7-14(6-1)8-4-12-18-16-11-3-9-15-10-5-13-19-17(15)16/h5,10,13-14,16,18H,1-4,6-9,11-12H2. The van der Waals surface area contributed by atoms with Gasteiger partial charge in [0.1, 0.15) is 0 Å². The van der Waals surface area contributed by atoms with Gasteiger partial charge in [-0.2, -0.15) is 0 Å². The zero-order valence-corrected chi connectivity index (χ0v) is 11.9. The van der Waals surface area contributed by atoms with E-state index in [1.165, 1.54) is 69.0 Å². The first kappa shape index (κ1) is 13.1. The van der Waals surface area contributed by atoms with Crippen molar-refractivity contribution in [3.05, 3.63) is 29.6 Å². The lowest BCUT2D eigenvalue weighted by molar-refractivity contribution is 0.416. The summed E-state index contributed by atoms with van der Waals surface area (Å²) in [6, 6.07) is 4.82. The van der Waals surface area contributed by atoms with Gasteiger partial charge in [0.25, 0.3) is 0 Å². The fourth-order valence-corrected chi connectivity index (χ4v) is 3.77. The summed E-state index contributed by atoms with van der Waals surface area (Å²) in [5.74, 6) is 1.03. The van der Waals surface area contributed by atoms with E-state index in [1.54, 1.807) is 0 Å². The average molecular weight is 258 g/mol. The van der Waals surface area contributed by atoms with Crippen LogP contribution in [-0.4, -0.2) is 11.5 Å². The third kappa shape index (κ3) is 3.36. The molecule has 2 nitrogen and oxygen atoms in total. The number of hydrogen-bond donors (Lipinski definition) is 1. The van der Waals surface area contributed by atoms with Crippen molar-refractivity contribution in [1.82, 2.24) is 10.3 Å². The molecule has 1 N–H and O–H groups in total. The van der Waals surface area contributed by atoms with Gasteiger partial charge in [-0.05, 0) is 56.2 Å². The van der Waals surface area contributed by atoms with Crippen LogP contribution in [0.25, 0.3) is 0 Å². The molecule has 1 unspecified atom stereocenters. The maximum Gasteiger partial charge on any atom is 0.0605 e. The van der Waals surface area contributed by atoms with Gasteiger partial charge in [0.05, 0.1) is 5.69 Å². The Labute approximate surface area is 117 Å². The number of aryl methyl sites for hydroxylation is 1. The third-order valence-electron chi connectivity index (χ3n) is 4.85. The second-order valence-corrected chi connectivity index (χ2v) is 6.24. The zero-order chi connectivity index (χ0) is 12.9. The first-order valence-electron chi connectivity index (χ1n) is 8.10. The van der Waals surface area contributed by atoms with Gasteiger partial charge < -0.3 is 5.32 Å². The van der Waals surface area contributed by atoms with E-state index in [2.05, 4.69) is 22.4 Å². The highest BCUT2D eigenvalue weighted by molar-refractivity contribution is 5.25. The third-order valence-corrected chi connectivity index (χ3v) is 4.85. The lowest BCUT2D eigenvalue weighted by atomic mass is 9.92. The van der Waals surface area contributed by atoms with Gasteiger partial charge in [-0.1, -0.05) is 31.7 Å². The number of aromatic nitrogens is 1. The molecule has 0 bridgehead atoms. The smallest absolute Gasteiger partial charge is 0.0605 e. The first-order chi connectivity index (χ1) is 9.43. The number of hydrogen-bond acceptors (Lipinski definition) is 2. The monoisotopic (exact) mass is 258 g/mol. The van der Waals surface area contributed by atoms with Crippen LogP contribution in [-0.2, 0) is 6.42 Å². The molecule has 19 heavy (non-hydrogen) atoms. The highest BCUT2D eigenvalue weighted by Gasteiger charge is 2.20. The second-order valence-electron chi connectivity index (χ2n) is 6.24. The van der Waals surface area contributed by atoms with E-state index < -0.39 is 0 Å². The lowest BCUT2D eigenvalue weighted by Gasteiger charge is -2.25. The summed E-state index contributed by atoms with van der Waals surface area (Å²) in [6.07, 6.45) is 14.4. The molecule has 2 aliphatic carbocycles. The van der Waals surface area contributed by atoms with Crippen molar-refractivity contribution in [2.45, 2.75) is 63.8 Å². The van der Waals surface area contributed by atoms with E-state index >= 15 is 0 Å². The molecule has 1 heterocycles. The summed E-state index contributed by atoms with van der Waals surface area (Å²) < 4.78 is 0. The number of nitrogens with zero attached hydrogens (tertiary/aromatic N) is 1. The molecule has 2 aliphatic rings. The Balaban J connectivity index is 1.45. The van der Waals surface area contributed by atoms with Crippen LogP contribution in [0.4, 0.5) is 0 Å². The van der Waals surface area contributed by atoms with Crippen LogP contribution in [0.15, 0.2) is 18.3 Å². The van der Waals surface area contributed by atoms with Crippen LogP contribution in [0.3, 0.4) is 0 Å². The van der Waals surface area contributed by atoms with E-state index in [1.807, 2.05) is 6.20 Å². The molecule has 0 amide bonds. The highest BCUT2D eigenvalue weighted by Crippen LogP contribution is 2.29. The molecule has 3 rings (SSSR count). The molecule has 1 atom stereocenters. The minimum absolute atomic E-state index is 0.508. The van der Waals surface area contributed by atoms with E-state index in [-0.39, 0.29) is 0 Å². The topological polar surface area (TPSA) is 24.9 Å². The molecule has 1 aromatic heterocycles. The van der Waals surface area contributed by atoms with Crippen LogP contribution in [0.5, 0.6) is 0 Å². The summed E-state index contributed by atoms with van der Waals surface area (Å²) in [5, 5.41) is 3.74. The molecule has 0 saturated heterocycles. The number of nitrogens with one attached hydrogen (secondary N) is 1. The van der Waals surface area contributed by atoms with Crippen molar-refractivity contribution in [2.75, 3.05) is 6.54 Å². The van der Waals surface area contributed by atoms with Crippen molar-refractivity contribution in [1.29, 1.82) is 0 Å². The van der Waals surface area contributed by atoms with Gasteiger partial charge in [0.15, 0.2) is 0 Å². The summed E-state index contributed by atoms with van der Waals surface area (Å²) in [5.41, 5.74) is 2.77. The number of fused-ring (bicyclic) bond motifs is 1. The Bertz CT molecular complexity index is 396. The van der Waals surface area contributed by atoms with Crippen LogP contribution in [0.1, 0.15) is 68.7 Å². The van der Waals surface area contributed by atoms with Crippen LogP contribution >= 0.6 is 0 Å². The predicted molar refractivity (Wildman–Crippen MR) is 79.1 cm³/mol. The van der Waals surface area contributed by atoms with Crippen LogP contribution < -0.4 is 5.32 Å². The van der Waals surface area contributed by atoms with Gasteiger partial charge in [-0.3, -0.25) is 4.98 Å². The van der Waals surface area contributed by atoms with E-state index in [0.717, 1.165) is 12.5 Å². The maximum absolute atomic E-state index is 4.59. The van der Waals surface area contributed by atoms with Crippen molar-refractivity contribution >= 4 is 0 Å². The van der Waals surface area contributed by atoms with Crippen LogP contribution in [0, 0.1) is 5.92 Å². The fourth-order valence-electron chi connectivity index (χ4n) is 3.77. The van der Waals surface area contributed by atoms with Gasteiger partial charge in [0.2, 0.25) is 0 Å². The zero-order valence-electron chi connectivity index (χ0n) is 11.9. The van der Waals surface area contributed by atoms with Crippen molar-refractivity contribution in [2.24, 2.45) is 5.92 Å². The summed E-state index contributed by atoms with van der Waals surface area (Å²) in [4.78, 5) is 4.59. The summed E-state index contributed by atoms with van der Waals surface area (Å²) in [6.45, 7) is 1.16. The second kappa shape index (κ2) is 6.51. The Hall–Kier alpha value is -0.890. The van der Waals surface area contributed by atoms with Gasteiger partial charge in [-0.15, -0.1) is 0 Å². The van der Waals surface area contributed by atoms with Crippen molar-refractivity contribution < 1.29 is 0 Å². The molecule has 0 aromatic carbocycles. The molecular weight excluding hydrogens is 232 g/mol. The fraction of sp³-hybridized carbons (Fsp3) is 0.706. The van der Waals surface area contributed by atoms with E-state index in [4.69, 9.17) is 0 Å². The minimum atomic E-state index is 0.508. The molecule has 2 heteroatoms. The minimum Gasteiger partial charge on any atom is -0.309 e. The molecule has 104 valence electrons.